The van der Waals surface area contributed by atoms with Gasteiger partial charge in [0.25, 0.3) is 0 Å². The normalized spacial score (nSPS) is 9.87. The summed E-state index contributed by atoms with van der Waals surface area (Å²) in [4.78, 5) is 11.1. The highest BCUT2D eigenvalue weighted by atomic mass is 35.5. The second-order valence-corrected chi connectivity index (χ2v) is 3.56. The molecule has 1 aromatic rings. The predicted octanol–water partition coefficient (Wildman–Crippen LogP) is 3.49. The molecule has 0 fully saturated rings. The number of hydrogen-bond donors (Lipinski definition) is 0. The molecule has 0 spiro atoms. The van der Waals surface area contributed by atoms with Gasteiger partial charge in [-0.15, -0.1) is 0 Å². The van der Waals surface area contributed by atoms with Crippen molar-refractivity contribution in [3.63, 3.8) is 0 Å². The molecule has 0 unspecified atom stereocenters. The molecule has 0 bridgehead atoms. The lowest BCUT2D eigenvalue weighted by atomic mass is 10.1. The molecule has 0 heterocycles. The van der Waals surface area contributed by atoms with Crippen LogP contribution in [0.15, 0.2) is 12.1 Å². The number of carbonyl (C=O) groups is 1. The van der Waals surface area contributed by atoms with E-state index in [0.29, 0.717) is 17.4 Å². The molecule has 0 saturated heterocycles. The molecule has 0 aliphatic heterocycles. The molecular weight excluding hydrogens is 216 g/mol. The van der Waals surface area contributed by atoms with Crippen molar-refractivity contribution in [1.29, 1.82) is 0 Å². The molecule has 4 heteroatoms. The van der Waals surface area contributed by atoms with Crippen molar-refractivity contribution in [2.24, 2.45) is 0 Å². The van der Waals surface area contributed by atoms with Crippen molar-refractivity contribution < 1.29 is 14.3 Å². The molecule has 15 heavy (non-hydrogen) atoms. The first-order valence-electron chi connectivity index (χ1n) is 4.66. The Morgan fingerprint density at radius 2 is 2.00 bits per heavy atom. The van der Waals surface area contributed by atoms with Crippen LogP contribution < -0.4 is 4.74 Å². The molecule has 1 rings (SSSR count). The number of aryl methyl sites for hydroxylation is 2. The molecule has 82 valence electrons. The van der Waals surface area contributed by atoms with Crippen LogP contribution in [0.3, 0.4) is 0 Å². The predicted molar refractivity (Wildman–Crippen MR) is 58.6 cm³/mol. The van der Waals surface area contributed by atoms with Crippen LogP contribution in [0.1, 0.15) is 18.1 Å². The average molecular weight is 229 g/mol. The molecule has 0 amide bonds. The van der Waals surface area contributed by atoms with Crippen molar-refractivity contribution in [3.05, 3.63) is 28.3 Å². The van der Waals surface area contributed by atoms with E-state index in [-0.39, 0.29) is 0 Å². The van der Waals surface area contributed by atoms with Gasteiger partial charge in [0.1, 0.15) is 5.75 Å². The van der Waals surface area contributed by atoms with Gasteiger partial charge in [0.05, 0.1) is 6.61 Å². The highest BCUT2D eigenvalue weighted by molar-refractivity contribution is 6.31. The largest absolute Gasteiger partial charge is 0.513 e. The van der Waals surface area contributed by atoms with Gasteiger partial charge in [-0.1, -0.05) is 11.6 Å². The molecule has 0 saturated carbocycles. The van der Waals surface area contributed by atoms with E-state index in [4.69, 9.17) is 16.3 Å². The number of halogens is 1. The lowest BCUT2D eigenvalue weighted by Gasteiger charge is -2.08. The second kappa shape index (κ2) is 5.03. The van der Waals surface area contributed by atoms with Gasteiger partial charge >= 0.3 is 6.16 Å². The van der Waals surface area contributed by atoms with E-state index in [1.54, 1.807) is 19.1 Å². The summed E-state index contributed by atoms with van der Waals surface area (Å²) in [5.41, 5.74) is 1.67. The van der Waals surface area contributed by atoms with Crippen molar-refractivity contribution in [2.75, 3.05) is 6.61 Å². The van der Waals surface area contributed by atoms with E-state index < -0.39 is 6.16 Å². The molecule has 0 N–H and O–H groups in total. The van der Waals surface area contributed by atoms with Gasteiger partial charge in [0.2, 0.25) is 0 Å². The van der Waals surface area contributed by atoms with Crippen LogP contribution in [0, 0.1) is 13.8 Å². The van der Waals surface area contributed by atoms with Crippen LogP contribution in [-0.2, 0) is 4.74 Å². The zero-order valence-corrected chi connectivity index (χ0v) is 9.72. The van der Waals surface area contributed by atoms with Gasteiger partial charge in [0.15, 0.2) is 0 Å². The van der Waals surface area contributed by atoms with Gasteiger partial charge in [-0.2, -0.15) is 0 Å². The highest BCUT2D eigenvalue weighted by Crippen LogP contribution is 2.26. The number of hydrogen-bond acceptors (Lipinski definition) is 3. The number of rotatable bonds is 2. The Labute approximate surface area is 93.9 Å². The van der Waals surface area contributed by atoms with E-state index >= 15 is 0 Å². The first kappa shape index (κ1) is 11.9. The van der Waals surface area contributed by atoms with Gasteiger partial charge in [0, 0.05) is 5.02 Å². The molecule has 0 aliphatic rings. The Balaban J connectivity index is 2.86. The minimum absolute atomic E-state index is 0.296. The summed E-state index contributed by atoms with van der Waals surface area (Å²) in [6.45, 7) is 5.69. The van der Waals surface area contributed by atoms with Gasteiger partial charge in [-0.25, -0.2) is 4.79 Å². The Morgan fingerprint density at radius 3 is 2.60 bits per heavy atom. The maximum absolute atomic E-state index is 11.1. The lowest BCUT2D eigenvalue weighted by Crippen LogP contribution is -2.10. The molecule has 0 aliphatic carbocycles. The van der Waals surface area contributed by atoms with Crippen LogP contribution in [0.2, 0.25) is 5.02 Å². The molecule has 0 radical (unpaired) electrons. The second-order valence-electron chi connectivity index (χ2n) is 3.15. The van der Waals surface area contributed by atoms with E-state index in [0.717, 1.165) is 11.1 Å². The summed E-state index contributed by atoms with van der Waals surface area (Å²) in [7, 11) is 0. The molecule has 1 aromatic carbocycles. The number of ether oxygens (including phenoxy) is 2. The van der Waals surface area contributed by atoms with E-state index in [1.807, 2.05) is 13.8 Å². The Morgan fingerprint density at radius 1 is 1.33 bits per heavy atom. The fourth-order valence-electron chi connectivity index (χ4n) is 1.10. The minimum atomic E-state index is -0.692. The monoisotopic (exact) mass is 228 g/mol. The standard InChI is InChI=1S/C11H13ClO3/c1-4-14-11(13)15-10-6-7(2)9(12)5-8(10)3/h5-6H,4H2,1-3H3. The SMILES string of the molecule is CCOC(=O)Oc1cc(C)c(Cl)cc1C. The van der Waals surface area contributed by atoms with Crippen molar-refractivity contribution in [1.82, 2.24) is 0 Å². The van der Waals surface area contributed by atoms with E-state index in [9.17, 15) is 4.79 Å². The van der Waals surface area contributed by atoms with Crippen molar-refractivity contribution in [2.45, 2.75) is 20.8 Å². The summed E-state index contributed by atoms with van der Waals surface area (Å²) in [5, 5.41) is 0.656. The molecule has 0 aromatic heterocycles. The number of benzene rings is 1. The number of carbonyl (C=O) groups excluding carboxylic acids is 1. The fourth-order valence-corrected chi connectivity index (χ4v) is 1.32. The summed E-state index contributed by atoms with van der Waals surface area (Å²) in [6.07, 6.45) is -0.692. The van der Waals surface area contributed by atoms with Crippen LogP contribution in [0.25, 0.3) is 0 Å². The summed E-state index contributed by atoms with van der Waals surface area (Å²) >= 11 is 5.91. The maximum atomic E-state index is 11.1. The first-order chi connectivity index (χ1) is 7.04. The quantitative estimate of drug-likeness (QED) is 0.574. The molecular formula is C11H13ClO3. The smallest absolute Gasteiger partial charge is 0.434 e. The first-order valence-corrected chi connectivity index (χ1v) is 5.03. The van der Waals surface area contributed by atoms with Crippen LogP contribution in [-0.4, -0.2) is 12.8 Å². The van der Waals surface area contributed by atoms with Gasteiger partial charge in [-0.05, 0) is 44.0 Å². The highest BCUT2D eigenvalue weighted by Gasteiger charge is 2.09. The Hall–Kier alpha value is -1.22. The van der Waals surface area contributed by atoms with Crippen LogP contribution >= 0.6 is 11.6 Å². The lowest BCUT2D eigenvalue weighted by molar-refractivity contribution is 0.104. The zero-order valence-electron chi connectivity index (χ0n) is 8.96. The third-order valence-corrected chi connectivity index (χ3v) is 2.32. The average Bonchev–Trinajstić information content (AvgIpc) is 2.14. The summed E-state index contributed by atoms with van der Waals surface area (Å²) in [5.74, 6) is 0.482. The fraction of sp³-hybridized carbons (Fsp3) is 0.364. The Bertz CT molecular complexity index is 374. The van der Waals surface area contributed by atoms with Crippen molar-refractivity contribution >= 4 is 17.8 Å². The third-order valence-electron chi connectivity index (χ3n) is 1.91. The Kier molecular flexibility index (Phi) is 3.97. The van der Waals surface area contributed by atoms with Gasteiger partial charge in [-0.3, -0.25) is 0 Å². The summed E-state index contributed by atoms with van der Waals surface area (Å²) in [6, 6.07) is 3.47. The van der Waals surface area contributed by atoms with Crippen LogP contribution in [0.5, 0.6) is 5.75 Å². The topological polar surface area (TPSA) is 35.5 Å². The zero-order chi connectivity index (χ0) is 11.4. The van der Waals surface area contributed by atoms with Crippen LogP contribution in [0.4, 0.5) is 4.79 Å². The van der Waals surface area contributed by atoms with E-state index in [1.165, 1.54) is 0 Å². The maximum Gasteiger partial charge on any atom is 0.513 e. The third kappa shape index (κ3) is 3.13. The van der Waals surface area contributed by atoms with Crippen molar-refractivity contribution in [3.8, 4) is 5.75 Å². The molecule has 3 nitrogen and oxygen atoms in total. The summed E-state index contributed by atoms with van der Waals surface area (Å²) < 4.78 is 9.68. The van der Waals surface area contributed by atoms with Gasteiger partial charge < -0.3 is 9.47 Å². The molecule has 0 atom stereocenters. The minimum Gasteiger partial charge on any atom is -0.434 e. The van der Waals surface area contributed by atoms with E-state index in [2.05, 4.69) is 4.74 Å².